The predicted octanol–water partition coefficient (Wildman–Crippen LogP) is 4.15. The maximum atomic E-state index is 5.85. The summed E-state index contributed by atoms with van der Waals surface area (Å²) < 4.78 is 5.85. The van der Waals surface area contributed by atoms with Crippen molar-refractivity contribution in [1.29, 1.82) is 0 Å². The van der Waals surface area contributed by atoms with Crippen molar-refractivity contribution in [2.75, 3.05) is 18.6 Å². The number of aliphatic imine (C=N–C) groups is 1. The Morgan fingerprint density at radius 3 is 2.14 bits per heavy atom. The van der Waals surface area contributed by atoms with E-state index in [2.05, 4.69) is 48.0 Å². The molecule has 0 saturated carbocycles. The lowest BCUT2D eigenvalue weighted by molar-refractivity contribution is 0.157. The van der Waals surface area contributed by atoms with E-state index in [0.29, 0.717) is 19.3 Å². The Morgan fingerprint density at radius 1 is 1.00 bits per heavy atom. The van der Waals surface area contributed by atoms with Crippen LogP contribution >= 0.6 is 0 Å². The van der Waals surface area contributed by atoms with Crippen LogP contribution in [-0.2, 0) is 11.3 Å². The summed E-state index contributed by atoms with van der Waals surface area (Å²) >= 11 is 0. The lowest BCUT2D eigenvalue weighted by Gasteiger charge is -2.30. The number of para-hydroxylation sites is 1. The molecule has 0 aliphatic carbocycles. The van der Waals surface area contributed by atoms with Crippen molar-refractivity contribution in [1.82, 2.24) is 0 Å². The molecule has 0 heterocycles. The molecule has 3 nitrogen and oxygen atoms in total. The van der Waals surface area contributed by atoms with Crippen molar-refractivity contribution >= 4 is 11.5 Å². The van der Waals surface area contributed by atoms with E-state index in [1.807, 2.05) is 43.4 Å². The minimum Gasteiger partial charge on any atom is -0.369 e. The van der Waals surface area contributed by atoms with Gasteiger partial charge in [0.2, 0.25) is 0 Å². The zero-order valence-corrected chi connectivity index (χ0v) is 13.6. The lowest BCUT2D eigenvalue weighted by atomic mass is 10.2. The number of benzene rings is 2. The van der Waals surface area contributed by atoms with Gasteiger partial charge >= 0.3 is 0 Å². The Balaban J connectivity index is 2.02. The molecule has 0 N–H and O–H groups in total. The fourth-order valence-electron chi connectivity index (χ4n) is 2.41. The van der Waals surface area contributed by atoms with E-state index >= 15 is 0 Å². The summed E-state index contributed by atoms with van der Waals surface area (Å²) in [5.41, 5.74) is 2.31. The molecule has 0 saturated heterocycles. The number of hydrogen-bond acceptors (Lipinski definition) is 2. The topological polar surface area (TPSA) is 24.8 Å². The van der Waals surface area contributed by atoms with Crippen LogP contribution in [0.5, 0.6) is 0 Å². The Morgan fingerprint density at radius 2 is 1.59 bits per heavy atom. The summed E-state index contributed by atoms with van der Waals surface area (Å²) in [6.07, 6.45) is 0. The van der Waals surface area contributed by atoms with Crippen molar-refractivity contribution < 1.29 is 4.74 Å². The zero-order chi connectivity index (χ0) is 15.8. The summed E-state index contributed by atoms with van der Waals surface area (Å²) in [5.74, 6) is 0.942. The largest absolute Gasteiger partial charge is 0.369 e. The fourth-order valence-corrected chi connectivity index (χ4v) is 2.41. The van der Waals surface area contributed by atoms with Crippen LogP contribution in [0.15, 0.2) is 65.7 Å². The summed E-state index contributed by atoms with van der Waals surface area (Å²) in [7, 11) is 1.82. The third-order valence-corrected chi connectivity index (χ3v) is 3.43. The van der Waals surface area contributed by atoms with Crippen LogP contribution in [0.3, 0.4) is 0 Å². The molecular weight excluding hydrogens is 272 g/mol. The summed E-state index contributed by atoms with van der Waals surface area (Å²) in [4.78, 5) is 6.65. The first-order valence-electron chi connectivity index (χ1n) is 7.64. The third kappa shape index (κ3) is 4.43. The molecular formula is C19H24N2O. The monoisotopic (exact) mass is 296 g/mol. The summed E-state index contributed by atoms with van der Waals surface area (Å²) in [6.45, 7) is 5.42. The lowest BCUT2D eigenvalue weighted by Crippen LogP contribution is -2.39. The van der Waals surface area contributed by atoms with Crippen molar-refractivity contribution in [3.8, 4) is 0 Å². The standard InChI is InChI=1S/C19H24N2O/c1-16(2)21(18-12-8-5-9-13-18)19(20-3)15-22-14-17-10-6-4-7-11-17/h4-13,16H,14-15H2,1-3H3. The molecule has 0 unspecified atom stereocenters. The van der Waals surface area contributed by atoms with Gasteiger partial charge in [-0.25, -0.2) is 0 Å². The molecule has 0 aromatic heterocycles. The van der Waals surface area contributed by atoms with Crippen molar-refractivity contribution in [3.63, 3.8) is 0 Å². The maximum Gasteiger partial charge on any atom is 0.130 e. The fraction of sp³-hybridized carbons (Fsp3) is 0.316. The van der Waals surface area contributed by atoms with Crippen LogP contribution in [-0.4, -0.2) is 25.5 Å². The molecule has 116 valence electrons. The Kier molecular flexibility index (Phi) is 6.16. The predicted molar refractivity (Wildman–Crippen MR) is 93.5 cm³/mol. The van der Waals surface area contributed by atoms with Crippen LogP contribution in [0.1, 0.15) is 19.4 Å². The second kappa shape index (κ2) is 8.35. The first-order chi connectivity index (χ1) is 10.7. The molecule has 2 aromatic carbocycles. The van der Waals surface area contributed by atoms with Gasteiger partial charge in [-0.3, -0.25) is 4.99 Å². The van der Waals surface area contributed by atoms with Crippen LogP contribution in [0.2, 0.25) is 0 Å². The van der Waals surface area contributed by atoms with E-state index in [1.54, 1.807) is 0 Å². The molecule has 0 bridgehead atoms. The van der Waals surface area contributed by atoms with Gasteiger partial charge in [-0.2, -0.15) is 0 Å². The average Bonchev–Trinajstić information content (AvgIpc) is 2.55. The van der Waals surface area contributed by atoms with Crippen LogP contribution in [0, 0.1) is 0 Å². The molecule has 0 atom stereocenters. The summed E-state index contributed by atoms with van der Waals surface area (Å²) in [6, 6.07) is 20.8. The van der Waals surface area contributed by atoms with Crippen LogP contribution < -0.4 is 4.90 Å². The van der Waals surface area contributed by atoms with Crippen molar-refractivity contribution in [2.45, 2.75) is 26.5 Å². The van der Waals surface area contributed by atoms with E-state index in [0.717, 1.165) is 11.5 Å². The Labute approximate surface area is 133 Å². The van der Waals surface area contributed by atoms with Gasteiger partial charge < -0.3 is 9.64 Å². The highest BCUT2D eigenvalue weighted by Crippen LogP contribution is 2.17. The van der Waals surface area contributed by atoms with Gasteiger partial charge in [0.05, 0.1) is 6.61 Å². The number of nitrogens with zero attached hydrogens (tertiary/aromatic N) is 2. The normalized spacial score (nSPS) is 11.7. The highest BCUT2D eigenvalue weighted by atomic mass is 16.5. The molecule has 2 rings (SSSR count). The van der Waals surface area contributed by atoms with Gasteiger partial charge in [0.1, 0.15) is 12.4 Å². The molecule has 2 aromatic rings. The smallest absolute Gasteiger partial charge is 0.130 e. The Hall–Kier alpha value is -2.13. The van der Waals surface area contributed by atoms with E-state index in [9.17, 15) is 0 Å². The highest BCUT2D eigenvalue weighted by molar-refractivity contribution is 5.99. The number of amidine groups is 1. The summed E-state index contributed by atoms with van der Waals surface area (Å²) in [5, 5.41) is 0. The quantitative estimate of drug-likeness (QED) is 0.591. The average molecular weight is 296 g/mol. The van der Waals surface area contributed by atoms with Crippen molar-refractivity contribution in [2.24, 2.45) is 4.99 Å². The van der Waals surface area contributed by atoms with Gasteiger partial charge in [0.25, 0.3) is 0 Å². The maximum absolute atomic E-state index is 5.85. The third-order valence-electron chi connectivity index (χ3n) is 3.43. The molecule has 3 heteroatoms. The van der Waals surface area contributed by atoms with Gasteiger partial charge in [0.15, 0.2) is 0 Å². The number of ether oxygens (including phenoxy) is 1. The number of rotatable bonds is 6. The molecule has 0 spiro atoms. The van der Waals surface area contributed by atoms with E-state index in [-0.39, 0.29) is 0 Å². The van der Waals surface area contributed by atoms with Gasteiger partial charge in [-0.05, 0) is 31.5 Å². The SMILES string of the molecule is CN=C(COCc1ccccc1)N(c1ccccc1)C(C)C. The first-order valence-corrected chi connectivity index (χ1v) is 7.64. The van der Waals surface area contributed by atoms with Crippen LogP contribution in [0.4, 0.5) is 5.69 Å². The van der Waals surface area contributed by atoms with Gasteiger partial charge in [-0.1, -0.05) is 48.5 Å². The van der Waals surface area contributed by atoms with Gasteiger partial charge in [-0.15, -0.1) is 0 Å². The molecule has 0 aliphatic heterocycles. The van der Waals surface area contributed by atoms with E-state index in [1.165, 1.54) is 5.56 Å². The first kappa shape index (κ1) is 16.2. The van der Waals surface area contributed by atoms with Crippen molar-refractivity contribution in [3.05, 3.63) is 66.2 Å². The highest BCUT2D eigenvalue weighted by Gasteiger charge is 2.16. The minimum atomic E-state index is 0.321. The number of hydrogen-bond donors (Lipinski definition) is 0. The second-order valence-electron chi connectivity index (χ2n) is 5.42. The molecule has 0 fully saturated rings. The molecule has 0 amide bonds. The van der Waals surface area contributed by atoms with Gasteiger partial charge in [0, 0.05) is 18.8 Å². The van der Waals surface area contributed by atoms with E-state index in [4.69, 9.17) is 4.74 Å². The second-order valence-corrected chi connectivity index (χ2v) is 5.42. The molecule has 22 heavy (non-hydrogen) atoms. The number of anilines is 1. The van der Waals surface area contributed by atoms with E-state index < -0.39 is 0 Å². The minimum absolute atomic E-state index is 0.321. The zero-order valence-electron chi connectivity index (χ0n) is 13.6. The molecule has 0 aliphatic rings. The Bertz CT molecular complexity index is 579. The molecule has 0 radical (unpaired) electrons. The van der Waals surface area contributed by atoms with Crippen LogP contribution in [0.25, 0.3) is 0 Å².